The Morgan fingerprint density at radius 2 is 2.40 bits per heavy atom. The van der Waals surface area contributed by atoms with Crippen molar-refractivity contribution >= 4 is 17.2 Å². The number of amides is 1. The predicted octanol–water partition coefficient (Wildman–Crippen LogP) is 1.47. The molecule has 0 bridgehead atoms. The minimum absolute atomic E-state index is 0.163. The Bertz CT molecular complexity index is 427. The zero-order valence-corrected chi connectivity index (χ0v) is 8.70. The average Bonchev–Trinajstić information content (AvgIpc) is 2.80. The molecule has 0 aliphatic carbocycles. The Kier molecular flexibility index (Phi) is 3.04. The fraction of sp³-hybridized carbons (Fsp3) is 0.100. The Balaban J connectivity index is 1.94. The number of carbonyl (C=O) groups is 1. The number of nitrogens with one attached hydrogen (secondary N) is 1. The van der Waals surface area contributed by atoms with Gasteiger partial charge in [-0.1, -0.05) is 6.07 Å². The third-order valence-corrected chi connectivity index (χ3v) is 2.58. The van der Waals surface area contributed by atoms with Crippen LogP contribution in [0.15, 0.2) is 36.1 Å². The smallest absolute Gasteiger partial charge is 0.270 e. The molecule has 2 aromatic heterocycles. The van der Waals surface area contributed by atoms with E-state index in [2.05, 4.69) is 15.3 Å². The molecule has 0 aromatic carbocycles. The molecule has 0 unspecified atom stereocenters. The highest BCUT2D eigenvalue weighted by Gasteiger charge is 2.05. The lowest BCUT2D eigenvalue weighted by molar-refractivity contribution is 0.0946. The molecule has 5 heteroatoms. The zero-order chi connectivity index (χ0) is 10.5. The van der Waals surface area contributed by atoms with Gasteiger partial charge < -0.3 is 5.32 Å². The molecular formula is C10H9N3OS. The largest absolute Gasteiger partial charge is 0.346 e. The van der Waals surface area contributed by atoms with Crippen molar-refractivity contribution in [3.63, 3.8) is 0 Å². The van der Waals surface area contributed by atoms with Gasteiger partial charge >= 0.3 is 0 Å². The number of pyridine rings is 1. The first-order valence-corrected chi connectivity index (χ1v) is 5.31. The molecule has 2 rings (SSSR count). The second-order valence-electron chi connectivity index (χ2n) is 2.87. The summed E-state index contributed by atoms with van der Waals surface area (Å²) in [5.74, 6) is -0.163. The molecular weight excluding hydrogens is 210 g/mol. The molecule has 0 saturated heterocycles. The van der Waals surface area contributed by atoms with Gasteiger partial charge in [-0.15, -0.1) is 11.3 Å². The van der Waals surface area contributed by atoms with E-state index < -0.39 is 0 Å². The minimum Gasteiger partial charge on any atom is -0.346 e. The van der Waals surface area contributed by atoms with Crippen LogP contribution in [-0.4, -0.2) is 15.9 Å². The standard InChI is InChI=1S/C10H9N3OS/c14-10(9-3-1-2-4-12-9)13-6-8-5-11-7-15-8/h1-5,7H,6H2,(H,13,14). The molecule has 0 spiro atoms. The lowest BCUT2D eigenvalue weighted by atomic mass is 10.3. The maximum absolute atomic E-state index is 11.6. The number of carbonyl (C=O) groups excluding carboxylic acids is 1. The van der Waals surface area contributed by atoms with Crippen molar-refractivity contribution in [2.45, 2.75) is 6.54 Å². The van der Waals surface area contributed by atoms with E-state index in [1.165, 1.54) is 11.3 Å². The minimum atomic E-state index is -0.163. The first kappa shape index (κ1) is 9.79. The van der Waals surface area contributed by atoms with Crippen molar-refractivity contribution in [1.82, 2.24) is 15.3 Å². The van der Waals surface area contributed by atoms with E-state index in [0.717, 1.165) is 4.88 Å². The van der Waals surface area contributed by atoms with Crippen molar-refractivity contribution in [3.8, 4) is 0 Å². The number of aromatic nitrogens is 2. The maximum atomic E-state index is 11.6. The van der Waals surface area contributed by atoms with Crippen LogP contribution in [0.3, 0.4) is 0 Å². The normalized spacial score (nSPS) is 9.87. The average molecular weight is 219 g/mol. The molecule has 2 heterocycles. The predicted molar refractivity (Wildman–Crippen MR) is 57.5 cm³/mol. The molecule has 0 aliphatic heterocycles. The van der Waals surface area contributed by atoms with Crippen molar-refractivity contribution < 1.29 is 4.79 Å². The van der Waals surface area contributed by atoms with Gasteiger partial charge in [-0.05, 0) is 12.1 Å². The second-order valence-corrected chi connectivity index (χ2v) is 3.84. The van der Waals surface area contributed by atoms with Crippen LogP contribution in [0, 0.1) is 0 Å². The van der Waals surface area contributed by atoms with E-state index in [0.29, 0.717) is 12.2 Å². The molecule has 1 N–H and O–H groups in total. The van der Waals surface area contributed by atoms with Crippen LogP contribution in [0.4, 0.5) is 0 Å². The Morgan fingerprint density at radius 3 is 3.07 bits per heavy atom. The monoisotopic (exact) mass is 219 g/mol. The maximum Gasteiger partial charge on any atom is 0.270 e. The summed E-state index contributed by atoms with van der Waals surface area (Å²) in [6.45, 7) is 0.500. The molecule has 2 aromatic rings. The number of hydrogen-bond acceptors (Lipinski definition) is 4. The van der Waals surface area contributed by atoms with Crippen LogP contribution in [0.25, 0.3) is 0 Å². The van der Waals surface area contributed by atoms with Gasteiger partial charge in [0.2, 0.25) is 0 Å². The Morgan fingerprint density at radius 1 is 1.47 bits per heavy atom. The third kappa shape index (κ3) is 2.60. The lowest BCUT2D eigenvalue weighted by Crippen LogP contribution is -2.23. The van der Waals surface area contributed by atoms with Gasteiger partial charge in [-0.3, -0.25) is 14.8 Å². The first-order chi connectivity index (χ1) is 7.36. The number of rotatable bonds is 3. The zero-order valence-electron chi connectivity index (χ0n) is 7.88. The van der Waals surface area contributed by atoms with Crippen LogP contribution in [0.5, 0.6) is 0 Å². The summed E-state index contributed by atoms with van der Waals surface area (Å²) < 4.78 is 0. The van der Waals surface area contributed by atoms with Crippen LogP contribution < -0.4 is 5.32 Å². The number of hydrogen-bond donors (Lipinski definition) is 1. The van der Waals surface area contributed by atoms with E-state index >= 15 is 0 Å². The quantitative estimate of drug-likeness (QED) is 0.850. The number of nitrogens with zero attached hydrogens (tertiary/aromatic N) is 2. The molecule has 15 heavy (non-hydrogen) atoms. The summed E-state index contributed by atoms with van der Waals surface area (Å²) in [5, 5.41) is 2.77. The number of thiazole rings is 1. The fourth-order valence-electron chi connectivity index (χ4n) is 1.08. The molecule has 4 nitrogen and oxygen atoms in total. The van der Waals surface area contributed by atoms with Gasteiger partial charge in [0.15, 0.2) is 0 Å². The third-order valence-electron chi connectivity index (χ3n) is 1.80. The molecule has 0 saturated carbocycles. The van der Waals surface area contributed by atoms with Crippen LogP contribution in [-0.2, 0) is 6.54 Å². The molecule has 1 amide bonds. The van der Waals surface area contributed by atoms with E-state index in [1.807, 2.05) is 0 Å². The Labute approximate surface area is 91.0 Å². The molecule has 0 radical (unpaired) electrons. The SMILES string of the molecule is O=C(NCc1cncs1)c1ccccn1. The molecule has 0 fully saturated rings. The molecule has 0 atom stereocenters. The second kappa shape index (κ2) is 4.65. The Hall–Kier alpha value is -1.75. The summed E-state index contributed by atoms with van der Waals surface area (Å²) in [6.07, 6.45) is 3.34. The van der Waals surface area contributed by atoms with Gasteiger partial charge in [0.05, 0.1) is 12.1 Å². The van der Waals surface area contributed by atoms with Crippen molar-refractivity contribution in [2.24, 2.45) is 0 Å². The summed E-state index contributed by atoms with van der Waals surface area (Å²) in [7, 11) is 0. The van der Waals surface area contributed by atoms with Crippen LogP contribution >= 0.6 is 11.3 Å². The van der Waals surface area contributed by atoms with Crippen LogP contribution in [0.1, 0.15) is 15.4 Å². The summed E-state index contributed by atoms with van der Waals surface area (Å²) in [4.78, 5) is 20.5. The lowest BCUT2D eigenvalue weighted by Gasteiger charge is -2.01. The first-order valence-electron chi connectivity index (χ1n) is 4.43. The highest BCUT2D eigenvalue weighted by molar-refractivity contribution is 7.09. The van der Waals surface area contributed by atoms with E-state index in [-0.39, 0.29) is 5.91 Å². The topological polar surface area (TPSA) is 54.9 Å². The van der Waals surface area contributed by atoms with Crippen molar-refractivity contribution in [2.75, 3.05) is 0 Å². The summed E-state index contributed by atoms with van der Waals surface area (Å²) in [6, 6.07) is 5.25. The van der Waals surface area contributed by atoms with Crippen LogP contribution in [0.2, 0.25) is 0 Å². The van der Waals surface area contributed by atoms with Gasteiger partial charge in [0.25, 0.3) is 5.91 Å². The van der Waals surface area contributed by atoms with Gasteiger partial charge in [0.1, 0.15) is 5.69 Å². The highest BCUT2D eigenvalue weighted by Crippen LogP contribution is 2.04. The fourth-order valence-corrected chi connectivity index (χ4v) is 1.62. The van der Waals surface area contributed by atoms with Gasteiger partial charge in [-0.2, -0.15) is 0 Å². The molecule has 0 aliphatic rings. The molecule has 76 valence electrons. The van der Waals surface area contributed by atoms with Gasteiger partial charge in [-0.25, -0.2) is 0 Å². The van der Waals surface area contributed by atoms with E-state index in [4.69, 9.17) is 0 Å². The van der Waals surface area contributed by atoms with E-state index in [1.54, 1.807) is 36.1 Å². The van der Waals surface area contributed by atoms with E-state index in [9.17, 15) is 4.79 Å². The van der Waals surface area contributed by atoms with Gasteiger partial charge in [0, 0.05) is 17.3 Å². The highest BCUT2D eigenvalue weighted by atomic mass is 32.1. The van der Waals surface area contributed by atoms with Crippen molar-refractivity contribution in [3.05, 3.63) is 46.7 Å². The van der Waals surface area contributed by atoms with Crippen molar-refractivity contribution in [1.29, 1.82) is 0 Å². The summed E-state index contributed by atoms with van der Waals surface area (Å²) >= 11 is 1.51. The summed E-state index contributed by atoms with van der Waals surface area (Å²) in [5.41, 5.74) is 2.17.